The van der Waals surface area contributed by atoms with E-state index < -0.39 is 0 Å². The number of rotatable bonds is 5. The van der Waals surface area contributed by atoms with E-state index in [1.54, 1.807) is 13.2 Å². The van der Waals surface area contributed by atoms with Gasteiger partial charge in [0.05, 0.1) is 13.2 Å². The number of nitrogens with one attached hydrogen (secondary N) is 2. The Hall–Kier alpha value is -2.49. The average molecular weight is 312 g/mol. The summed E-state index contributed by atoms with van der Waals surface area (Å²) in [7, 11) is 1.60. The van der Waals surface area contributed by atoms with Gasteiger partial charge in [-0.1, -0.05) is 31.2 Å². The summed E-state index contributed by atoms with van der Waals surface area (Å²) in [5.74, 6) is 0.712. The minimum atomic E-state index is -0.219. The van der Waals surface area contributed by atoms with Gasteiger partial charge in [0, 0.05) is 11.8 Å². The van der Waals surface area contributed by atoms with Crippen LogP contribution < -0.4 is 15.4 Å². The molecule has 0 bridgehead atoms. The minimum Gasteiger partial charge on any atom is -0.497 e. The molecule has 0 heterocycles. The summed E-state index contributed by atoms with van der Waals surface area (Å²) in [6.07, 6.45) is 0.827. The van der Waals surface area contributed by atoms with Crippen molar-refractivity contribution in [3.05, 3.63) is 59.2 Å². The zero-order chi connectivity index (χ0) is 16.8. The van der Waals surface area contributed by atoms with E-state index in [4.69, 9.17) is 4.74 Å². The van der Waals surface area contributed by atoms with E-state index in [0.29, 0.717) is 11.4 Å². The number of benzene rings is 2. The van der Waals surface area contributed by atoms with Gasteiger partial charge in [-0.05, 0) is 49.1 Å². The number of hydrogen-bond acceptors (Lipinski definition) is 2. The first-order valence-electron chi connectivity index (χ1n) is 7.82. The van der Waals surface area contributed by atoms with Crippen LogP contribution in [0.15, 0.2) is 42.5 Å². The molecule has 0 aromatic heterocycles. The summed E-state index contributed by atoms with van der Waals surface area (Å²) < 4.78 is 5.16. The summed E-state index contributed by atoms with van der Waals surface area (Å²) in [5.41, 5.74) is 4.31. The molecule has 0 unspecified atom stereocenters. The van der Waals surface area contributed by atoms with Crippen molar-refractivity contribution in [3.63, 3.8) is 0 Å². The third-order valence-electron chi connectivity index (χ3n) is 3.97. The molecule has 2 N–H and O–H groups in total. The number of amides is 2. The molecule has 0 saturated carbocycles. The number of anilines is 1. The van der Waals surface area contributed by atoms with Gasteiger partial charge >= 0.3 is 6.03 Å². The van der Waals surface area contributed by atoms with Crippen molar-refractivity contribution in [2.24, 2.45) is 0 Å². The number of aryl methyl sites for hydroxylation is 2. The number of carbonyl (C=O) groups excluding carboxylic acids is 1. The summed E-state index contributed by atoms with van der Waals surface area (Å²) in [5, 5.41) is 5.87. The molecule has 4 nitrogen and oxygen atoms in total. The third kappa shape index (κ3) is 4.49. The highest BCUT2D eigenvalue weighted by Crippen LogP contribution is 2.21. The largest absolute Gasteiger partial charge is 0.497 e. The Morgan fingerprint density at radius 3 is 2.57 bits per heavy atom. The fourth-order valence-corrected chi connectivity index (χ4v) is 2.43. The van der Waals surface area contributed by atoms with Crippen LogP contribution in [-0.2, 0) is 0 Å². The summed E-state index contributed by atoms with van der Waals surface area (Å²) >= 11 is 0. The van der Waals surface area contributed by atoms with E-state index in [-0.39, 0.29) is 12.1 Å². The summed E-state index contributed by atoms with van der Waals surface area (Å²) in [6, 6.07) is 13.4. The Kier molecular flexibility index (Phi) is 5.63. The average Bonchev–Trinajstić information content (AvgIpc) is 2.55. The molecule has 1 atom stereocenters. The van der Waals surface area contributed by atoms with Gasteiger partial charge in [0.25, 0.3) is 0 Å². The van der Waals surface area contributed by atoms with Gasteiger partial charge in [-0.3, -0.25) is 0 Å². The van der Waals surface area contributed by atoms with Crippen LogP contribution in [0.3, 0.4) is 0 Å². The van der Waals surface area contributed by atoms with E-state index in [0.717, 1.165) is 12.0 Å². The Balaban J connectivity index is 2.05. The molecule has 0 aliphatic heterocycles. The Labute approximate surface area is 137 Å². The van der Waals surface area contributed by atoms with Gasteiger partial charge in [-0.25, -0.2) is 4.79 Å². The lowest BCUT2D eigenvalue weighted by molar-refractivity contribution is 0.248. The van der Waals surface area contributed by atoms with E-state index in [1.807, 2.05) is 18.2 Å². The van der Waals surface area contributed by atoms with E-state index in [1.165, 1.54) is 11.1 Å². The highest BCUT2D eigenvalue weighted by atomic mass is 16.5. The molecule has 0 aliphatic rings. The number of carbonyl (C=O) groups is 1. The maximum atomic E-state index is 12.2. The van der Waals surface area contributed by atoms with Crippen molar-refractivity contribution in [3.8, 4) is 5.75 Å². The molecule has 0 aliphatic carbocycles. The second-order valence-corrected chi connectivity index (χ2v) is 5.63. The first-order valence-corrected chi connectivity index (χ1v) is 7.82. The van der Waals surface area contributed by atoms with Crippen molar-refractivity contribution in [1.29, 1.82) is 0 Å². The highest BCUT2D eigenvalue weighted by Gasteiger charge is 2.13. The molecule has 2 aromatic carbocycles. The van der Waals surface area contributed by atoms with Crippen LogP contribution in [0, 0.1) is 13.8 Å². The second-order valence-electron chi connectivity index (χ2n) is 5.63. The molecule has 0 fully saturated rings. The van der Waals surface area contributed by atoms with Crippen molar-refractivity contribution in [2.75, 3.05) is 12.4 Å². The van der Waals surface area contributed by atoms with Crippen molar-refractivity contribution in [1.82, 2.24) is 5.32 Å². The third-order valence-corrected chi connectivity index (χ3v) is 3.97. The predicted molar refractivity (Wildman–Crippen MR) is 94.1 cm³/mol. The Morgan fingerprint density at radius 2 is 1.91 bits per heavy atom. The number of ether oxygens (including phenoxy) is 1. The van der Waals surface area contributed by atoms with Crippen LogP contribution in [0.25, 0.3) is 0 Å². The molecule has 122 valence electrons. The van der Waals surface area contributed by atoms with Gasteiger partial charge in [-0.15, -0.1) is 0 Å². The number of methoxy groups -OCH3 is 1. The van der Waals surface area contributed by atoms with Gasteiger partial charge in [0.15, 0.2) is 0 Å². The number of hydrogen-bond donors (Lipinski definition) is 2. The molecule has 0 saturated heterocycles. The summed E-state index contributed by atoms with van der Waals surface area (Å²) in [6.45, 7) is 6.23. The zero-order valence-corrected chi connectivity index (χ0v) is 14.1. The summed E-state index contributed by atoms with van der Waals surface area (Å²) in [4.78, 5) is 12.2. The number of urea groups is 1. The molecular formula is C19H24N2O2. The molecule has 4 heteroatoms. The highest BCUT2D eigenvalue weighted by molar-refractivity contribution is 5.89. The molecule has 0 radical (unpaired) electrons. The van der Waals surface area contributed by atoms with Crippen LogP contribution in [0.1, 0.15) is 36.1 Å². The Bertz CT molecular complexity index is 683. The predicted octanol–water partition coefficient (Wildman–Crippen LogP) is 4.58. The molecule has 2 aromatic rings. The van der Waals surface area contributed by atoms with Gasteiger partial charge in [0.2, 0.25) is 0 Å². The maximum absolute atomic E-state index is 12.2. The van der Waals surface area contributed by atoms with Gasteiger partial charge < -0.3 is 15.4 Å². The van der Waals surface area contributed by atoms with Crippen molar-refractivity contribution < 1.29 is 9.53 Å². The van der Waals surface area contributed by atoms with E-state index >= 15 is 0 Å². The Morgan fingerprint density at radius 1 is 1.13 bits per heavy atom. The quantitative estimate of drug-likeness (QED) is 0.848. The molecule has 2 amide bonds. The van der Waals surface area contributed by atoms with Gasteiger partial charge in [0.1, 0.15) is 5.75 Å². The lowest BCUT2D eigenvalue weighted by atomic mass is 9.99. The molecule has 2 rings (SSSR count). The van der Waals surface area contributed by atoms with Crippen LogP contribution in [-0.4, -0.2) is 13.1 Å². The topological polar surface area (TPSA) is 50.4 Å². The fourth-order valence-electron chi connectivity index (χ4n) is 2.43. The van der Waals surface area contributed by atoms with Crippen LogP contribution in [0.4, 0.5) is 10.5 Å². The zero-order valence-electron chi connectivity index (χ0n) is 14.1. The smallest absolute Gasteiger partial charge is 0.319 e. The molecule has 0 spiro atoms. The monoisotopic (exact) mass is 312 g/mol. The lowest BCUT2D eigenvalue weighted by Gasteiger charge is -2.19. The minimum absolute atomic E-state index is 0.0140. The van der Waals surface area contributed by atoms with Gasteiger partial charge in [-0.2, -0.15) is 0 Å². The van der Waals surface area contributed by atoms with E-state index in [9.17, 15) is 4.79 Å². The van der Waals surface area contributed by atoms with Crippen LogP contribution in [0.2, 0.25) is 0 Å². The second kappa shape index (κ2) is 7.68. The normalized spacial score (nSPS) is 11.7. The van der Waals surface area contributed by atoms with Crippen molar-refractivity contribution in [2.45, 2.75) is 33.2 Å². The van der Waals surface area contributed by atoms with E-state index in [2.05, 4.69) is 49.6 Å². The SMILES string of the molecule is CC[C@H](NC(=O)Nc1cccc(OC)c1)c1ccc(C)c(C)c1. The molecule has 23 heavy (non-hydrogen) atoms. The maximum Gasteiger partial charge on any atom is 0.319 e. The lowest BCUT2D eigenvalue weighted by Crippen LogP contribution is -2.32. The fraction of sp³-hybridized carbons (Fsp3) is 0.316. The van der Waals surface area contributed by atoms with Crippen LogP contribution in [0.5, 0.6) is 5.75 Å². The standard InChI is InChI=1S/C19H24N2O2/c1-5-18(15-10-9-13(2)14(3)11-15)21-19(22)20-16-7-6-8-17(12-16)23-4/h6-12,18H,5H2,1-4H3,(H2,20,21,22)/t18-/m0/s1. The molecular weight excluding hydrogens is 288 g/mol. The van der Waals surface area contributed by atoms with Crippen LogP contribution >= 0.6 is 0 Å². The van der Waals surface area contributed by atoms with Crippen molar-refractivity contribution >= 4 is 11.7 Å². The first-order chi connectivity index (χ1) is 11.0. The first kappa shape index (κ1) is 16.9.